The molecule has 1 aromatic rings. The molecule has 0 atom stereocenters. The average Bonchev–Trinajstić information content (AvgIpc) is 3.27. The van der Waals surface area contributed by atoms with Crippen molar-refractivity contribution in [1.82, 2.24) is 0 Å². The van der Waals surface area contributed by atoms with Crippen LogP contribution in [-0.2, 0) is 9.53 Å². The van der Waals surface area contributed by atoms with Crippen LogP contribution >= 0.6 is 0 Å². The molecule has 7 nitrogen and oxygen atoms in total. The van der Waals surface area contributed by atoms with E-state index in [-0.39, 0.29) is 18.9 Å². The number of nitrogens with zero attached hydrogens (tertiary/aromatic N) is 1. The Bertz CT molecular complexity index is 528. The maximum Gasteiger partial charge on any atom is 0.344 e. The van der Waals surface area contributed by atoms with Gasteiger partial charge in [0.15, 0.2) is 6.61 Å². The van der Waals surface area contributed by atoms with E-state index >= 15 is 0 Å². The van der Waals surface area contributed by atoms with Crippen molar-refractivity contribution in [3.05, 3.63) is 28.3 Å². The van der Waals surface area contributed by atoms with Crippen molar-refractivity contribution >= 4 is 17.3 Å². The van der Waals surface area contributed by atoms with Crippen molar-refractivity contribution in [2.24, 2.45) is 5.92 Å². The predicted octanol–water partition coefficient (Wildman–Crippen LogP) is 2.36. The Labute approximate surface area is 122 Å². The largest absolute Gasteiger partial charge is 0.482 e. The maximum atomic E-state index is 11.2. The van der Waals surface area contributed by atoms with Crippen molar-refractivity contribution in [2.45, 2.75) is 19.8 Å². The summed E-state index contributed by atoms with van der Waals surface area (Å²) in [6.07, 6.45) is 2.31. The number of ether oxygens (including phenoxy) is 2. The molecule has 1 fully saturated rings. The van der Waals surface area contributed by atoms with Gasteiger partial charge in [0.05, 0.1) is 11.5 Å². The molecule has 1 aliphatic carbocycles. The highest BCUT2D eigenvalue weighted by molar-refractivity contribution is 5.71. The third kappa shape index (κ3) is 4.62. The Morgan fingerprint density at radius 1 is 1.48 bits per heavy atom. The van der Waals surface area contributed by atoms with E-state index in [1.54, 1.807) is 13.0 Å². The number of nitro groups is 1. The third-order valence-electron chi connectivity index (χ3n) is 3.10. The first-order chi connectivity index (χ1) is 10.1. The molecular formula is C14H18N2O5. The Hall–Kier alpha value is -2.31. The maximum absolute atomic E-state index is 11.2. The summed E-state index contributed by atoms with van der Waals surface area (Å²) >= 11 is 0. The lowest BCUT2D eigenvalue weighted by Crippen LogP contribution is -2.14. The van der Waals surface area contributed by atoms with Gasteiger partial charge in [-0.05, 0) is 31.7 Å². The van der Waals surface area contributed by atoms with Crippen LogP contribution in [0.3, 0.4) is 0 Å². The highest BCUT2D eigenvalue weighted by Crippen LogP contribution is 2.33. The molecule has 1 N–H and O–H groups in total. The molecule has 21 heavy (non-hydrogen) atoms. The van der Waals surface area contributed by atoms with E-state index < -0.39 is 10.9 Å². The molecule has 2 rings (SSSR count). The summed E-state index contributed by atoms with van der Waals surface area (Å²) in [5, 5.41) is 14.1. The van der Waals surface area contributed by atoms with Gasteiger partial charge in [-0.2, -0.15) is 0 Å². The monoisotopic (exact) mass is 294 g/mol. The molecule has 0 amide bonds. The van der Waals surface area contributed by atoms with E-state index in [9.17, 15) is 14.9 Å². The first-order valence-corrected chi connectivity index (χ1v) is 6.91. The normalized spacial score (nSPS) is 13.6. The van der Waals surface area contributed by atoms with Crippen LogP contribution in [0.4, 0.5) is 11.4 Å². The van der Waals surface area contributed by atoms with E-state index in [1.165, 1.54) is 12.1 Å². The summed E-state index contributed by atoms with van der Waals surface area (Å²) in [6.45, 7) is 2.50. The average molecular weight is 294 g/mol. The predicted molar refractivity (Wildman–Crippen MR) is 76.4 cm³/mol. The van der Waals surface area contributed by atoms with E-state index in [0.717, 1.165) is 12.8 Å². The number of anilines is 1. The van der Waals surface area contributed by atoms with Crippen LogP contribution < -0.4 is 10.1 Å². The van der Waals surface area contributed by atoms with E-state index in [4.69, 9.17) is 9.47 Å². The molecule has 0 aliphatic heterocycles. The van der Waals surface area contributed by atoms with Crippen LogP contribution in [-0.4, -0.2) is 30.7 Å². The molecule has 0 unspecified atom stereocenters. The van der Waals surface area contributed by atoms with Crippen LogP contribution in [0.25, 0.3) is 0 Å². The van der Waals surface area contributed by atoms with Crippen molar-refractivity contribution < 1.29 is 19.2 Å². The van der Waals surface area contributed by atoms with E-state index in [1.807, 2.05) is 0 Å². The summed E-state index contributed by atoms with van der Waals surface area (Å²) in [7, 11) is 0. The topological polar surface area (TPSA) is 90.7 Å². The number of carbonyl (C=O) groups is 1. The van der Waals surface area contributed by atoms with Gasteiger partial charge in [-0.1, -0.05) is 0 Å². The van der Waals surface area contributed by atoms with Gasteiger partial charge in [-0.15, -0.1) is 0 Å². The first-order valence-electron chi connectivity index (χ1n) is 6.91. The number of esters is 1. The minimum Gasteiger partial charge on any atom is -0.482 e. The second-order valence-electron chi connectivity index (χ2n) is 4.85. The fourth-order valence-electron chi connectivity index (χ4n) is 1.83. The van der Waals surface area contributed by atoms with Gasteiger partial charge in [0.25, 0.3) is 5.69 Å². The zero-order chi connectivity index (χ0) is 15.2. The van der Waals surface area contributed by atoms with Crippen LogP contribution in [0, 0.1) is 16.0 Å². The summed E-state index contributed by atoms with van der Waals surface area (Å²) in [4.78, 5) is 21.8. The minimum atomic E-state index is -0.469. The van der Waals surface area contributed by atoms with Gasteiger partial charge in [0.2, 0.25) is 0 Å². The molecule has 7 heteroatoms. The zero-order valence-corrected chi connectivity index (χ0v) is 11.8. The lowest BCUT2D eigenvalue weighted by Gasteiger charge is -2.10. The van der Waals surface area contributed by atoms with Crippen molar-refractivity contribution in [2.75, 3.05) is 25.1 Å². The van der Waals surface area contributed by atoms with Gasteiger partial charge in [-0.3, -0.25) is 10.1 Å². The Morgan fingerprint density at radius 3 is 2.86 bits per heavy atom. The minimum absolute atomic E-state index is 0.000801. The molecule has 0 heterocycles. The van der Waals surface area contributed by atoms with Crippen molar-refractivity contribution in [3.8, 4) is 5.75 Å². The molecule has 0 aromatic heterocycles. The summed E-state index contributed by atoms with van der Waals surface area (Å²) in [6, 6.07) is 4.38. The number of rotatable bonds is 8. The summed E-state index contributed by atoms with van der Waals surface area (Å²) in [5.41, 5.74) is 0.410. The Kier molecular flexibility index (Phi) is 4.97. The molecule has 1 aromatic carbocycles. The van der Waals surface area contributed by atoms with Crippen molar-refractivity contribution in [3.63, 3.8) is 0 Å². The number of nitro benzene ring substituents is 1. The van der Waals surface area contributed by atoms with E-state index in [0.29, 0.717) is 23.9 Å². The van der Waals surface area contributed by atoms with Gasteiger partial charge in [-0.25, -0.2) is 4.79 Å². The number of nitrogens with one attached hydrogen (secondary N) is 1. The first kappa shape index (κ1) is 15.1. The molecule has 0 radical (unpaired) electrons. The van der Waals surface area contributed by atoms with Crippen LogP contribution in [0.1, 0.15) is 19.8 Å². The van der Waals surface area contributed by atoms with E-state index in [2.05, 4.69) is 5.32 Å². The highest BCUT2D eigenvalue weighted by Gasteiger charge is 2.23. The Balaban J connectivity index is 2.02. The number of carbonyl (C=O) groups excluding carboxylic acids is 1. The fourth-order valence-corrected chi connectivity index (χ4v) is 1.83. The van der Waals surface area contributed by atoms with Crippen LogP contribution in [0.2, 0.25) is 0 Å². The molecular weight excluding hydrogens is 276 g/mol. The third-order valence-corrected chi connectivity index (χ3v) is 3.10. The lowest BCUT2D eigenvalue weighted by atomic mass is 10.2. The van der Waals surface area contributed by atoms with Gasteiger partial charge >= 0.3 is 5.97 Å². The molecule has 0 bridgehead atoms. The van der Waals surface area contributed by atoms with Crippen LogP contribution in [0.15, 0.2) is 18.2 Å². The molecule has 1 saturated carbocycles. The summed E-state index contributed by atoms with van der Waals surface area (Å²) in [5.74, 6) is 0.518. The second-order valence-corrected chi connectivity index (χ2v) is 4.85. The Morgan fingerprint density at radius 2 is 2.24 bits per heavy atom. The highest BCUT2D eigenvalue weighted by atomic mass is 16.6. The number of hydrogen-bond donors (Lipinski definition) is 1. The zero-order valence-electron chi connectivity index (χ0n) is 11.8. The fraction of sp³-hybridized carbons (Fsp3) is 0.500. The molecule has 0 saturated heterocycles. The number of hydrogen-bond acceptors (Lipinski definition) is 6. The second kappa shape index (κ2) is 6.92. The van der Waals surface area contributed by atoms with Gasteiger partial charge < -0.3 is 14.8 Å². The smallest absolute Gasteiger partial charge is 0.344 e. The standard InChI is InChI=1S/C14H18N2O5/c1-2-20-14(17)9-21-11-5-6-13(16(18)19)12(7-11)15-8-10-3-4-10/h5-7,10,15H,2-4,8-9H2,1H3. The molecule has 1 aliphatic rings. The van der Waals surface area contributed by atoms with Crippen LogP contribution in [0.5, 0.6) is 5.75 Å². The molecule has 114 valence electrons. The van der Waals surface area contributed by atoms with Crippen molar-refractivity contribution in [1.29, 1.82) is 0 Å². The lowest BCUT2D eigenvalue weighted by molar-refractivity contribution is -0.384. The van der Waals surface area contributed by atoms with Gasteiger partial charge in [0.1, 0.15) is 11.4 Å². The SMILES string of the molecule is CCOC(=O)COc1ccc([N+](=O)[O-])c(NCC2CC2)c1. The van der Waals surface area contributed by atoms with Gasteiger partial charge in [0, 0.05) is 18.7 Å². The molecule has 0 spiro atoms. The number of benzene rings is 1. The quantitative estimate of drug-likeness (QED) is 0.449. The summed E-state index contributed by atoms with van der Waals surface area (Å²) < 4.78 is 10.0.